The van der Waals surface area contributed by atoms with Crippen molar-refractivity contribution in [1.82, 2.24) is 0 Å². The molecular weight excluding hydrogens is 308 g/mol. The van der Waals surface area contributed by atoms with Crippen molar-refractivity contribution in [2.45, 2.75) is 6.61 Å². The Bertz CT molecular complexity index is 746. The lowest BCUT2D eigenvalue weighted by atomic mass is 10.1. The van der Waals surface area contributed by atoms with Crippen LogP contribution in [-0.2, 0) is 20.9 Å². The SMILES string of the molecule is COCc1ccc(C(=O)OCC(=O)Nc2ccc(C#N)cc2)cc1. The van der Waals surface area contributed by atoms with E-state index in [1.54, 1.807) is 55.6 Å². The molecule has 6 heteroatoms. The molecule has 0 aliphatic rings. The van der Waals surface area contributed by atoms with Crippen molar-refractivity contribution in [3.8, 4) is 6.07 Å². The van der Waals surface area contributed by atoms with Crippen molar-refractivity contribution in [3.05, 3.63) is 65.2 Å². The fraction of sp³-hybridized carbons (Fsp3) is 0.167. The summed E-state index contributed by atoms with van der Waals surface area (Å²) in [5, 5.41) is 11.3. The van der Waals surface area contributed by atoms with Crippen LogP contribution in [0.1, 0.15) is 21.5 Å². The summed E-state index contributed by atoms with van der Waals surface area (Å²) < 4.78 is 9.96. The minimum Gasteiger partial charge on any atom is -0.452 e. The zero-order valence-electron chi connectivity index (χ0n) is 13.1. The number of nitrogens with zero attached hydrogens (tertiary/aromatic N) is 1. The predicted octanol–water partition coefficient (Wildman–Crippen LogP) is 2.50. The molecule has 0 atom stereocenters. The summed E-state index contributed by atoms with van der Waals surface area (Å²) in [5.74, 6) is -1.03. The van der Waals surface area contributed by atoms with Crippen molar-refractivity contribution in [1.29, 1.82) is 5.26 Å². The molecule has 2 aromatic rings. The van der Waals surface area contributed by atoms with Gasteiger partial charge in [-0.05, 0) is 42.0 Å². The van der Waals surface area contributed by atoms with Crippen LogP contribution >= 0.6 is 0 Å². The highest BCUT2D eigenvalue weighted by molar-refractivity contribution is 5.95. The van der Waals surface area contributed by atoms with Crippen molar-refractivity contribution < 1.29 is 19.1 Å². The number of methoxy groups -OCH3 is 1. The highest BCUT2D eigenvalue weighted by atomic mass is 16.5. The average molecular weight is 324 g/mol. The van der Waals surface area contributed by atoms with E-state index in [4.69, 9.17) is 14.7 Å². The smallest absolute Gasteiger partial charge is 0.338 e. The van der Waals surface area contributed by atoms with Gasteiger partial charge in [-0.2, -0.15) is 5.26 Å². The number of amides is 1. The Hall–Kier alpha value is -3.17. The zero-order valence-corrected chi connectivity index (χ0v) is 13.1. The second-order valence-electron chi connectivity index (χ2n) is 4.94. The maximum atomic E-state index is 11.9. The van der Waals surface area contributed by atoms with Gasteiger partial charge in [-0.25, -0.2) is 4.79 Å². The first kappa shape index (κ1) is 17.2. The number of anilines is 1. The number of nitriles is 1. The Kier molecular flexibility index (Phi) is 6.06. The van der Waals surface area contributed by atoms with Crippen LogP contribution in [0.25, 0.3) is 0 Å². The van der Waals surface area contributed by atoms with Crippen LogP contribution < -0.4 is 5.32 Å². The van der Waals surface area contributed by atoms with Crippen LogP contribution in [0.2, 0.25) is 0 Å². The van der Waals surface area contributed by atoms with Crippen LogP contribution in [0.5, 0.6) is 0 Å². The lowest BCUT2D eigenvalue weighted by Crippen LogP contribution is -2.20. The summed E-state index contributed by atoms with van der Waals surface area (Å²) in [4.78, 5) is 23.7. The minimum atomic E-state index is -0.575. The van der Waals surface area contributed by atoms with Crippen LogP contribution in [0, 0.1) is 11.3 Å². The Morgan fingerprint density at radius 1 is 1.08 bits per heavy atom. The average Bonchev–Trinajstić information content (AvgIpc) is 2.61. The van der Waals surface area contributed by atoms with Gasteiger partial charge in [-0.15, -0.1) is 0 Å². The largest absolute Gasteiger partial charge is 0.452 e. The number of hydrogen-bond donors (Lipinski definition) is 1. The lowest BCUT2D eigenvalue weighted by Gasteiger charge is -2.07. The molecule has 0 radical (unpaired) electrons. The molecule has 0 bridgehead atoms. The van der Waals surface area contributed by atoms with Gasteiger partial charge in [0.1, 0.15) is 0 Å². The van der Waals surface area contributed by atoms with Gasteiger partial charge in [0.15, 0.2) is 6.61 Å². The van der Waals surface area contributed by atoms with Crippen molar-refractivity contribution in [3.63, 3.8) is 0 Å². The lowest BCUT2D eigenvalue weighted by molar-refractivity contribution is -0.119. The van der Waals surface area contributed by atoms with E-state index >= 15 is 0 Å². The van der Waals surface area contributed by atoms with Crippen LogP contribution in [0.4, 0.5) is 5.69 Å². The Balaban J connectivity index is 1.84. The molecule has 0 aliphatic carbocycles. The van der Waals surface area contributed by atoms with Gasteiger partial charge in [0.2, 0.25) is 0 Å². The van der Waals surface area contributed by atoms with E-state index in [0.29, 0.717) is 23.4 Å². The zero-order chi connectivity index (χ0) is 17.4. The highest BCUT2D eigenvalue weighted by Crippen LogP contribution is 2.09. The second kappa shape index (κ2) is 8.46. The minimum absolute atomic E-state index is 0.362. The molecule has 122 valence electrons. The molecule has 0 fully saturated rings. The first-order valence-corrected chi connectivity index (χ1v) is 7.17. The number of carbonyl (C=O) groups excluding carboxylic acids is 2. The predicted molar refractivity (Wildman–Crippen MR) is 87.2 cm³/mol. The summed E-state index contributed by atoms with van der Waals surface area (Å²) in [7, 11) is 1.59. The first-order valence-electron chi connectivity index (χ1n) is 7.17. The molecule has 1 N–H and O–H groups in total. The number of benzene rings is 2. The molecule has 0 heterocycles. The molecule has 0 saturated carbocycles. The molecule has 2 rings (SSSR count). The van der Waals surface area contributed by atoms with Gasteiger partial charge < -0.3 is 14.8 Å². The quantitative estimate of drug-likeness (QED) is 0.825. The van der Waals surface area contributed by atoms with Crippen molar-refractivity contribution in [2.24, 2.45) is 0 Å². The van der Waals surface area contributed by atoms with Gasteiger partial charge in [-0.3, -0.25) is 4.79 Å². The third kappa shape index (κ3) is 4.93. The van der Waals surface area contributed by atoms with Crippen LogP contribution in [-0.4, -0.2) is 25.6 Å². The number of nitrogens with one attached hydrogen (secondary N) is 1. The molecular formula is C18H16N2O4. The summed E-state index contributed by atoms with van der Waals surface area (Å²) >= 11 is 0. The normalized spacial score (nSPS) is 9.83. The molecule has 0 aliphatic heterocycles. The van der Waals surface area contributed by atoms with E-state index in [0.717, 1.165) is 5.56 Å². The molecule has 2 aromatic carbocycles. The van der Waals surface area contributed by atoms with Crippen molar-refractivity contribution >= 4 is 17.6 Å². The van der Waals surface area contributed by atoms with Crippen LogP contribution in [0.3, 0.4) is 0 Å². The molecule has 0 spiro atoms. The maximum absolute atomic E-state index is 11.9. The molecule has 24 heavy (non-hydrogen) atoms. The van der Waals surface area contributed by atoms with Gasteiger partial charge >= 0.3 is 5.97 Å². The summed E-state index contributed by atoms with van der Waals surface area (Å²) in [5.41, 5.74) is 2.32. The van der Waals surface area contributed by atoms with Crippen LogP contribution in [0.15, 0.2) is 48.5 Å². The Morgan fingerprint density at radius 3 is 2.33 bits per heavy atom. The van der Waals surface area contributed by atoms with Gasteiger partial charge in [0.05, 0.1) is 23.8 Å². The molecule has 0 unspecified atom stereocenters. The molecule has 1 amide bonds. The summed E-state index contributed by atoms with van der Waals surface area (Å²) in [6.07, 6.45) is 0. The maximum Gasteiger partial charge on any atom is 0.338 e. The van der Waals surface area contributed by atoms with E-state index < -0.39 is 18.5 Å². The van der Waals surface area contributed by atoms with Gasteiger partial charge in [0.25, 0.3) is 5.91 Å². The molecule has 0 saturated heterocycles. The number of hydrogen-bond acceptors (Lipinski definition) is 5. The fourth-order valence-corrected chi connectivity index (χ4v) is 1.94. The third-order valence-corrected chi connectivity index (χ3v) is 3.13. The first-order chi connectivity index (χ1) is 11.6. The van der Waals surface area contributed by atoms with E-state index in [-0.39, 0.29) is 0 Å². The summed E-state index contributed by atoms with van der Waals surface area (Å²) in [6.45, 7) is 0.0704. The van der Waals surface area contributed by atoms with E-state index in [1.165, 1.54) is 0 Å². The summed E-state index contributed by atoms with van der Waals surface area (Å²) in [6, 6.07) is 15.1. The number of ether oxygens (including phenoxy) is 2. The topological polar surface area (TPSA) is 88.4 Å². The third-order valence-electron chi connectivity index (χ3n) is 3.13. The Morgan fingerprint density at radius 2 is 1.75 bits per heavy atom. The number of carbonyl (C=O) groups is 2. The fourth-order valence-electron chi connectivity index (χ4n) is 1.94. The monoisotopic (exact) mass is 324 g/mol. The Labute approximate surface area is 139 Å². The number of rotatable bonds is 6. The van der Waals surface area contributed by atoms with E-state index in [9.17, 15) is 9.59 Å². The van der Waals surface area contributed by atoms with E-state index in [2.05, 4.69) is 5.32 Å². The highest BCUT2D eigenvalue weighted by Gasteiger charge is 2.10. The van der Waals surface area contributed by atoms with Gasteiger partial charge in [-0.1, -0.05) is 12.1 Å². The molecule has 6 nitrogen and oxygen atoms in total. The standard InChI is InChI=1S/C18H16N2O4/c1-23-11-14-2-6-15(7-3-14)18(22)24-12-17(21)20-16-8-4-13(10-19)5-9-16/h2-9H,11-12H2,1H3,(H,20,21). The molecule has 0 aromatic heterocycles. The van der Waals surface area contributed by atoms with Crippen molar-refractivity contribution in [2.75, 3.05) is 19.0 Å². The second-order valence-corrected chi connectivity index (χ2v) is 4.94. The van der Waals surface area contributed by atoms with Gasteiger partial charge in [0, 0.05) is 12.8 Å². The number of esters is 1. The van der Waals surface area contributed by atoms with E-state index in [1.807, 2.05) is 6.07 Å².